The Kier molecular flexibility index (Phi) is 4.16. The number of aliphatic hydroxyl groups is 1. The van der Waals surface area contributed by atoms with E-state index in [0.717, 1.165) is 25.7 Å². The molecule has 2 rings (SSSR count). The summed E-state index contributed by atoms with van der Waals surface area (Å²) < 4.78 is 27.2. The van der Waals surface area contributed by atoms with E-state index in [1.807, 2.05) is 0 Å². The smallest absolute Gasteiger partial charge is 0.284 e. The molecule has 1 heterocycles. The molecule has 102 valence electrons. The van der Waals surface area contributed by atoms with E-state index in [0.29, 0.717) is 11.6 Å². The van der Waals surface area contributed by atoms with Crippen molar-refractivity contribution in [1.29, 1.82) is 0 Å². The minimum Gasteiger partial charge on any atom is -0.396 e. The molecule has 0 unspecified atom stereocenters. The lowest BCUT2D eigenvalue weighted by Gasteiger charge is -2.27. The lowest BCUT2D eigenvalue weighted by Crippen LogP contribution is -2.20. The second-order valence-corrected chi connectivity index (χ2v) is 4.82. The molecule has 0 amide bonds. The van der Waals surface area contributed by atoms with Gasteiger partial charge in [-0.1, -0.05) is 0 Å². The second kappa shape index (κ2) is 5.65. The minimum absolute atomic E-state index is 0.174. The van der Waals surface area contributed by atoms with Gasteiger partial charge >= 0.3 is 0 Å². The van der Waals surface area contributed by atoms with Crippen molar-refractivity contribution >= 4 is 5.69 Å². The Morgan fingerprint density at radius 1 is 1.44 bits per heavy atom. The Bertz CT molecular complexity index is 387. The first-order valence-electron chi connectivity index (χ1n) is 6.31. The number of aliphatic hydroxyl groups excluding tert-OH is 1. The quantitative estimate of drug-likeness (QED) is 0.873. The molecule has 1 aliphatic rings. The van der Waals surface area contributed by atoms with E-state index in [1.165, 1.54) is 0 Å². The molecule has 0 saturated heterocycles. The fourth-order valence-corrected chi connectivity index (χ4v) is 2.54. The Morgan fingerprint density at radius 2 is 2.11 bits per heavy atom. The Labute approximate surface area is 105 Å². The van der Waals surface area contributed by atoms with Gasteiger partial charge in [-0.2, -0.15) is 5.10 Å². The van der Waals surface area contributed by atoms with Crippen LogP contribution in [0.4, 0.5) is 14.5 Å². The van der Waals surface area contributed by atoms with Crippen LogP contribution in [0.2, 0.25) is 0 Å². The largest absolute Gasteiger partial charge is 0.396 e. The van der Waals surface area contributed by atoms with Gasteiger partial charge in [-0.05, 0) is 31.6 Å². The first-order valence-corrected chi connectivity index (χ1v) is 6.31. The highest BCUT2D eigenvalue weighted by Crippen LogP contribution is 2.34. The molecule has 0 atom stereocenters. The summed E-state index contributed by atoms with van der Waals surface area (Å²) in [5.41, 5.74) is 0.219. The summed E-state index contributed by atoms with van der Waals surface area (Å²) in [6, 6.07) is 0.174. The van der Waals surface area contributed by atoms with Crippen LogP contribution in [0.15, 0.2) is 6.20 Å². The highest BCUT2D eigenvalue weighted by Gasteiger charge is 2.25. The summed E-state index contributed by atoms with van der Waals surface area (Å²) in [6.45, 7) is 0.218. The van der Waals surface area contributed by atoms with Gasteiger partial charge in [-0.25, -0.2) is 8.78 Å². The molecular formula is C12H19F2N3O. The van der Waals surface area contributed by atoms with Gasteiger partial charge < -0.3 is 10.4 Å². The highest BCUT2D eigenvalue weighted by atomic mass is 19.3. The van der Waals surface area contributed by atoms with Crippen molar-refractivity contribution in [2.24, 2.45) is 5.92 Å². The van der Waals surface area contributed by atoms with Crippen molar-refractivity contribution in [3.05, 3.63) is 11.9 Å². The van der Waals surface area contributed by atoms with Gasteiger partial charge in [-0.3, -0.25) is 4.68 Å². The summed E-state index contributed by atoms with van der Waals surface area (Å²) in [6.07, 6.45) is 2.74. The SMILES string of the molecule is CNc1cn([C@H]2CC[C@H](CO)CC2)nc1C(F)F. The van der Waals surface area contributed by atoms with Crippen LogP contribution < -0.4 is 5.32 Å². The van der Waals surface area contributed by atoms with Crippen molar-refractivity contribution in [2.75, 3.05) is 19.0 Å². The molecule has 0 aliphatic heterocycles. The van der Waals surface area contributed by atoms with Gasteiger partial charge in [0, 0.05) is 19.9 Å². The van der Waals surface area contributed by atoms with Crippen molar-refractivity contribution < 1.29 is 13.9 Å². The molecule has 6 heteroatoms. The number of nitrogens with zero attached hydrogens (tertiary/aromatic N) is 2. The van der Waals surface area contributed by atoms with Crippen LogP contribution in [-0.2, 0) is 0 Å². The number of rotatable bonds is 4. The van der Waals surface area contributed by atoms with E-state index < -0.39 is 6.43 Å². The third-order valence-corrected chi connectivity index (χ3v) is 3.69. The molecule has 2 N–H and O–H groups in total. The van der Waals surface area contributed by atoms with Crippen LogP contribution in [0.1, 0.15) is 43.8 Å². The average Bonchev–Trinajstić information content (AvgIpc) is 2.83. The number of hydrogen-bond donors (Lipinski definition) is 2. The zero-order valence-electron chi connectivity index (χ0n) is 10.4. The lowest BCUT2D eigenvalue weighted by molar-refractivity contribution is 0.142. The molecule has 4 nitrogen and oxygen atoms in total. The zero-order valence-corrected chi connectivity index (χ0v) is 10.4. The minimum atomic E-state index is -2.55. The molecule has 0 aromatic carbocycles. The Balaban J connectivity index is 2.10. The molecule has 0 spiro atoms. The molecule has 1 aromatic rings. The topological polar surface area (TPSA) is 50.1 Å². The van der Waals surface area contributed by atoms with Crippen LogP contribution in [0.5, 0.6) is 0 Å². The number of halogens is 2. The van der Waals surface area contributed by atoms with Gasteiger partial charge in [-0.15, -0.1) is 0 Å². The van der Waals surface area contributed by atoms with Crippen molar-refractivity contribution in [2.45, 2.75) is 38.2 Å². The first kappa shape index (κ1) is 13.3. The molecule has 0 radical (unpaired) electrons. The molecule has 0 bridgehead atoms. The maximum Gasteiger partial charge on any atom is 0.284 e. The summed E-state index contributed by atoms with van der Waals surface area (Å²) in [5.74, 6) is 0.357. The Morgan fingerprint density at radius 3 is 2.56 bits per heavy atom. The van der Waals surface area contributed by atoms with Crippen LogP contribution in [0, 0.1) is 5.92 Å². The van der Waals surface area contributed by atoms with Crippen LogP contribution in [-0.4, -0.2) is 28.5 Å². The van der Waals surface area contributed by atoms with E-state index in [1.54, 1.807) is 17.9 Å². The highest BCUT2D eigenvalue weighted by molar-refractivity contribution is 5.46. The number of hydrogen-bond acceptors (Lipinski definition) is 3. The van der Waals surface area contributed by atoms with E-state index in [4.69, 9.17) is 5.11 Å². The van der Waals surface area contributed by atoms with Crippen LogP contribution in [0.3, 0.4) is 0 Å². The molecule has 1 saturated carbocycles. The Hall–Kier alpha value is -1.17. The molecule has 18 heavy (non-hydrogen) atoms. The average molecular weight is 259 g/mol. The molecule has 1 aromatic heterocycles. The van der Waals surface area contributed by atoms with Crippen molar-refractivity contribution in [3.63, 3.8) is 0 Å². The summed E-state index contributed by atoms with van der Waals surface area (Å²) in [4.78, 5) is 0. The summed E-state index contributed by atoms with van der Waals surface area (Å²) >= 11 is 0. The molecule has 1 aliphatic carbocycles. The first-order chi connectivity index (χ1) is 8.65. The summed E-state index contributed by atoms with van der Waals surface area (Å²) in [5, 5.41) is 15.8. The van der Waals surface area contributed by atoms with Gasteiger partial charge in [0.25, 0.3) is 6.43 Å². The number of aromatic nitrogens is 2. The van der Waals surface area contributed by atoms with E-state index in [-0.39, 0.29) is 18.3 Å². The predicted molar refractivity (Wildman–Crippen MR) is 64.8 cm³/mol. The normalized spacial score (nSPS) is 24.5. The standard InChI is InChI=1S/C12H19F2N3O/c1-15-10-6-17(16-11(10)12(13)14)9-4-2-8(7-18)3-5-9/h6,8-9,12,15,18H,2-5,7H2,1H3/t8-,9-. The van der Waals surface area contributed by atoms with Crippen molar-refractivity contribution in [1.82, 2.24) is 9.78 Å². The van der Waals surface area contributed by atoms with Crippen LogP contribution in [0.25, 0.3) is 0 Å². The fraction of sp³-hybridized carbons (Fsp3) is 0.750. The maximum absolute atomic E-state index is 12.8. The fourth-order valence-electron chi connectivity index (χ4n) is 2.54. The molecule has 1 fully saturated rings. The second-order valence-electron chi connectivity index (χ2n) is 4.82. The van der Waals surface area contributed by atoms with Gasteiger partial charge in [0.1, 0.15) is 0 Å². The van der Waals surface area contributed by atoms with E-state index in [9.17, 15) is 8.78 Å². The number of alkyl halides is 2. The zero-order chi connectivity index (χ0) is 13.1. The molecular weight excluding hydrogens is 240 g/mol. The van der Waals surface area contributed by atoms with E-state index >= 15 is 0 Å². The predicted octanol–water partition coefficient (Wildman–Crippen LogP) is 2.59. The van der Waals surface area contributed by atoms with Gasteiger partial charge in [0.05, 0.1) is 11.7 Å². The number of nitrogens with one attached hydrogen (secondary N) is 1. The number of anilines is 1. The van der Waals surface area contributed by atoms with E-state index in [2.05, 4.69) is 10.4 Å². The third-order valence-electron chi connectivity index (χ3n) is 3.69. The van der Waals surface area contributed by atoms with Crippen molar-refractivity contribution in [3.8, 4) is 0 Å². The third kappa shape index (κ3) is 2.63. The van der Waals surface area contributed by atoms with Crippen LogP contribution >= 0.6 is 0 Å². The van der Waals surface area contributed by atoms with Gasteiger partial charge in [0.15, 0.2) is 5.69 Å². The van der Waals surface area contributed by atoms with Gasteiger partial charge in [0.2, 0.25) is 0 Å². The summed E-state index contributed by atoms with van der Waals surface area (Å²) in [7, 11) is 1.62. The monoisotopic (exact) mass is 259 g/mol. The lowest BCUT2D eigenvalue weighted by atomic mass is 9.87. The maximum atomic E-state index is 12.8.